The number of carbonyl (C=O) groups excluding carboxylic acids is 1. The summed E-state index contributed by atoms with van der Waals surface area (Å²) < 4.78 is 1.82. The van der Waals surface area contributed by atoms with Crippen molar-refractivity contribution >= 4 is 11.6 Å². The normalized spacial score (nSPS) is 12.4. The zero-order chi connectivity index (χ0) is 15.4. The molecule has 0 saturated heterocycles. The topological polar surface area (TPSA) is 85.8 Å². The van der Waals surface area contributed by atoms with Gasteiger partial charge in [-0.2, -0.15) is 0 Å². The second-order valence-corrected chi connectivity index (χ2v) is 5.57. The lowest BCUT2D eigenvalue weighted by Crippen LogP contribution is -2.36. The van der Waals surface area contributed by atoms with Crippen LogP contribution in [0.3, 0.4) is 0 Å². The van der Waals surface area contributed by atoms with Gasteiger partial charge in [-0.15, -0.1) is 10.2 Å². The predicted molar refractivity (Wildman–Crippen MR) is 82.5 cm³/mol. The maximum Gasteiger partial charge on any atom is 0.241 e. The lowest BCUT2D eigenvalue weighted by Gasteiger charge is -2.14. The van der Waals surface area contributed by atoms with Crippen LogP contribution in [0.25, 0.3) is 11.4 Å². The number of nitrogens with one attached hydrogen (secondary N) is 1. The Morgan fingerprint density at radius 1 is 1.43 bits per heavy atom. The molecule has 0 fully saturated rings. The summed E-state index contributed by atoms with van der Waals surface area (Å²) in [6.07, 6.45) is 2.30. The second-order valence-electron chi connectivity index (χ2n) is 5.57. The third-order valence-corrected chi connectivity index (χ3v) is 3.16. The summed E-state index contributed by atoms with van der Waals surface area (Å²) >= 11 is 0. The fourth-order valence-electron chi connectivity index (χ4n) is 2.13. The number of hydrogen-bond acceptors (Lipinski definition) is 4. The van der Waals surface area contributed by atoms with Gasteiger partial charge in [0.25, 0.3) is 0 Å². The summed E-state index contributed by atoms with van der Waals surface area (Å²) in [5.74, 6) is 0.965. The Balaban J connectivity index is 2.12. The van der Waals surface area contributed by atoms with E-state index in [0.29, 0.717) is 18.0 Å². The number of benzene rings is 1. The Morgan fingerprint density at radius 2 is 2.19 bits per heavy atom. The van der Waals surface area contributed by atoms with E-state index in [9.17, 15) is 4.79 Å². The van der Waals surface area contributed by atoms with E-state index >= 15 is 0 Å². The second kappa shape index (κ2) is 6.49. The quantitative estimate of drug-likeness (QED) is 0.878. The molecular weight excluding hydrogens is 266 g/mol. The molecule has 0 unspecified atom stereocenters. The van der Waals surface area contributed by atoms with Gasteiger partial charge >= 0.3 is 0 Å². The van der Waals surface area contributed by atoms with Crippen molar-refractivity contribution in [3.8, 4) is 11.4 Å². The summed E-state index contributed by atoms with van der Waals surface area (Å²) in [7, 11) is 1.87. The average molecular weight is 287 g/mol. The van der Waals surface area contributed by atoms with E-state index in [1.165, 1.54) is 0 Å². The molecule has 21 heavy (non-hydrogen) atoms. The number of aromatic nitrogens is 3. The summed E-state index contributed by atoms with van der Waals surface area (Å²) in [6.45, 7) is 4.09. The number of nitrogens with two attached hydrogens (primary N) is 1. The fourth-order valence-corrected chi connectivity index (χ4v) is 2.13. The Hall–Kier alpha value is -2.21. The van der Waals surface area contributed by atoms with Crippen LogP contribution in [0.5, 0.6) is 0 Å². The van der Waals surface area contributed by atoms with E-state index in [1.54, 1.807) is 6.33 Å². The summed E-state index contributed by atoms with van der Waals surface area (Å²) in [6, 6.07) is 6.99. The molecule has 1 aromatic carbocycles. The van der Waals surface area contributed by atoms with Crippen LogP contribution < -0.4 is 11.1 Å². The largest absolute Gasteiger partial charge is 0.325 e. The van der Waals surface area contributed by atoms with E-state index in [-0.39, 0.29) is 5.91 Å². The molecule has 1 atom stereocenters. The standard InChI is InChI=1S/C15H21N5O/c1-10(2)7-13(16)15(21)18-12-6-4-5-11(8-12)14-19-17-9-20(14)3/h4-6,8-10,13H,7,16H2,1-3H3,(H,18,21)/t13-/m0/s1. The van der Waals surface area contributed by atoms with Gasteiger partial charge in [0.2, 0.25) is 5.91 Å². The monoisotopic (exact) mass is 287 g/mol. The van der Waals surface area contributed by atoms with Crippen molar-refractivity contribution in [1.82, 2.24) is 14.8 Å². The Bertz CT molecular complexity index is 620. The molecular formula is C15H21N5O. The van der Waals surface area contributed by atoms with Crippen LogP contribution in [-0.2, 0) is 11.8 Å². The Morgan fingerprint density at radius 3 is 2.81 bits per heavy atom. The lowest BCUT2D eigenvalue weighted by molar-refractivity contribution is -0.117. The van der Waals surface area contributed by atoms with Crippen molar-refractivity contribution in [1.29, 1.82) is 0 Å². The van der Waals surface area contributed by atoms with Crippen molar-refractivity contribution in [2.24, 2.45) is 18.7 Å². The summed E-state index contributed by atoms with van der Waals surface area (Å²) in [5.41, 5.74) is 7.49. The molecule has 0 spiro atoms. The van der Waals surface area contributed by atoms with Crippen LogP contribution in [0.1, 0.15) is 20.3 Å². The van der Waals surface area contributed by atoms with Gasteiger partial charge in [-0.1, -0.05) is 26.0 Å². The van der Waals surface area contributed by atoms with E-state index in [1.807, 2.05) is 49.7 Å². The molecule has 1 aromatic heterocycles. The van der Waals surface area contributed by atoms with Gasteiger partial charge in [0.15, 0.2) is 5.82 Å². The summed E-state index contributed by atoms with van der Waals surface area (Å²) in [4.78, 5) is 12.0. The number of rotatable bonds is 5. The van der Waals surface area contributed by atoms with E-state index in [4.69, 9.17) is 5.73 Å². The minimum Gasteiger partial charge on any atom is -0.325 e. The Kier molecular flexibility index (Phi) is 4.70. The van der Waals surface area contributed by atoms with E-state index in [2.05, 4.69) is 15.5 Å². The zero-order valence-electron chi connectivity index (χ0n) is 12.6. The zero-order valence-corrected chi connectivity index (χ0v) is 12.6. The number of carbonyl (C=O) groups is 1. The number of nitrogens with zero attached hydrogens (tertiary/aromatic N) is 3. The van der Waals surface area contributed by atoms with Gasteiger partial charge in [-0.25, -0.2) is 0 Å². The molecule has 0 aliphatic rings. The highest BCUT2D eigenvalue weighted by Gasteiger charge is 2.15. The molecule has 6 nitrogen and oxygen atoms in total. The fraction of sp³-hybridized carbons (Fsp3) is 0.400. The third kappa shape index (κ3) is 3.88. The van der Waals surface area contributed by atoms with Crippen molar-refractivity contribution in [3.63, 3.8) is 0 Å². The summed E-state index contributed by atoms with van der Waals surface area (Å²) in [5, 5.41) is 10.8. The number of aryl methyl sites for hydroxylation is 1. The molecule has 2 aromatic rings. The third-order valence-electron chi connectivity index (χ3n) is 3.16. The number of hydrogen-bond donors (Lipinski definition) is 2. The van der Waals surface area contributed by atoms with Gasteiger partial charge in [-0.05, 0) is 24.5 Å². The van der Waals surface area contributed by atoms with Crippen LogP contribution >= 0.6 is 0 Å². The molecule has 112 valence electrons. The molecule has 1 amide bonds. The van der Waals surface area contributed by atoms with Crippen molar-refractivity contribution < 1.29 is 4.79 Å². The maximum absolute atomic E-state index is 12.0. The van der Waals surface area contributed by atoms with Crippen LogP contribution in [-0.4, -0.2) is 26.7 Å². The van der Waals surface area contributed by atoms with Gasteiger partial charge in [-0.3, -0.25) is 4.79 Å². The minimum atomic E-state index is -0.497. The molecule has 0 bridgehead atoms. The minimum absolute atomic E-state index is 0.168. The highest BCUT2D eigenvalue weighted by molar-refractivity contribution is 5.95. The van der Waals surface area contributed by atoms with Crippen molar-refractivity contribution in [2.45, 2.75) is 26.3 Å². The van der Waals surface area contributed by atoms with Crippen LogP contribution in [0.15, 0.2) is 30.6 Å². The molecule has 0 saturated carbocycles. The molecule has 0 radical (unpaired) electrons. The van der Waals surface area contributed by atoms with Gasteiger partial charge in [0.05, 0.1) is 6.04 Å². The maximum atomic E-state index is 12.0. The van der Waals surface area contributed by atoms with Gasteiger partial charge in [0.1, 0.15) is 6.33 Å². The predicted octanol–water partition coefficient (Wildman–Crippen LogP) is 1.79. The van der Waals surface area contributed by atoms with E-state index in [0.717, 1.165) is 11.4 Å². The van der Waals surface area contributed by atoms with Gasteiger partial charge < -0.3 is 15.6 Å². The van der Waals surface area contributed by atoms with E-state index < -0.39 is 6.04 Å². The van der Waals surface area contributed by atoms with Crippen molar-refractivity contribution in [3.05, 3.63) is 30.6 Å². The smallest absolute Gasteiger partial charge is 0.241 e. The highest BCUT2D eigenvalue weighted by atomic mass is 16.2. The van der Waals surface area contributed by atoms with Crippen LogP contribution in [0.2, 0.25) is 0 Å². The molecule has 2 rings (SSSR count). The number of amides is 1. The first-order valence-electron chi connectivity index (χ1n) is 6.98. The molecule has 0 aliphatic carbocycles. The first kappa shape index (κ1) is 15.2. The highest BCUT2D eigenvalue weighted by Crippen LogP contribution is 2.20. The SMILES string of the molecule is CC(C)C[C@H](N)C(=O)Nc1cccc(-c2nncn2C)c1. The molecule has 0 aliphatic heterocycles. The first-order chi connectivity index (χ1) is 9.97. The van der Waals surface area contributed by atoms with Crippen LogP contribution in [0, 0.1) is 5.92 Å². The Labute approximate surface area is 124 Å². The lowest BCUT2D eigenvalue weighted by atomic mass is 10.0. The number of anilines is 1. The molecule has 6 heteroatoms. The molecule has 1 heterocycles. The van der Waals surface area contributed by atoms with Crippen LogP contribution in [0.4, 0.5) is 5.69 Å². The molecule has 3 N–H and O–H groups in total. The average Bonchev–Trinajstić information content (AvgIpc) is 2.84. The first-order valence-corrected chi connectivity index (χ1v) is 6.98. The van der Waals surface area contributed by atoms with Crippen molar-refractivity contribution in [2.75, 3.05) is 5.32 Å². The van der Waals surface area contributed by atoms with Gasteiger partial charge in [0, 0.05) is 18.3 Å².